The van der Waals surface area contributed by atoms with Gasteiger partial charge in [0.25, 0.3) is 5.91 Å². The Morgan fingerprint density at radius 3 is 3.11 bits per heavy atom. The molecule has 0 aromatic heterocycles. The number of rotatable bonds is 2. The minimum Gasteiger partial charge on any atom is -0.322 e. The van der Waals surface area contributed by atoms with Gasteiger partial charge in [-0.15, -0.1) is 0 Å². The number of halogens is 1. The van der Waals surface area contributed by atoms with Gasteiger partial charge in [-0.25, -0.2) is 0 Å². The van der Waals surface area contributed by atoms with E-state index in [2.05, 4.69) is 10.4 Å². The standard InChI is InChI=1S/C14H16ClN3O/c1-9-5-6-11-10(3-2-4-13(11)15)7-12(9)14(19)17-8-18-16/h2-4,7-9H,5-6,16H2,1H3,(H,17,18,19). The van der Waals surface area contributed by atoms with E-state index in [-0.39, 0.29) is 11.8 Å². The summed E-state index contributed by atoms with van der Waals surface area (Å²) in [6, 6.07) is 5.75. The van der Waals surface area contributed by atoms with Gasteiger partial charge in [-0.1, -0.05) is 30.7 Å². The molecular weight excluding hydrogens is 262 g/mol. The summed E-state index contributed by atoms with van der Waals surface area (Å²) in [5.74, 6) is 4.98. The van der Waals surface area contributed by atoms with Gasteiger partial charge >= 0.3 is 0 Å². The lowest BCUT2D eigenvalue weighted by atomic mass is 9.96. The largest absolute Gasteiger partial charge is 0.322 e. The lowest BCUT2D eigenvalue weighted by molar-refractivity contribution is -0.116. The lowest BCUT2D eigenvalue weighted by Crippen LogP contribution is -2.26. The van der Waals surface area contributed by atoms with Gasteiger partial charge < -0.3 is 11.2 Å². The zero-order chi connectivity index (χ0) is 13.8. The monoisotopic (exact) mass is 277 g/mol. The molecule has 100 valence electrons. The first-order valence-corrected chi connectivity index (χ1v) is 6.53. The highest BCUT2D eigenvalue weighted by atomic mass is 35.5. The van der Waals surface area contributed by atoms with Crippen molar-refractivity contribution in [3.8, 4) is 0 Å². The molecule has 1 atom stereocenters. The third kappa shape index (κ3) is 2.96. The molecule has 1 aliphatic carbocycles. The molecule has 0 saturated heterocycles. The number of nitrogens with two attached hydrogens (primary N) is 1. The summed E-state index contributed by atoms with van der Waals surface area (Å²) in [7, 11) is 0. The van der Waals surface area contributed by atoms with E-state index in [1.807, 2.05) is 31.2 Å². The average Bonchev–Trinajstić information content (AvgIpc) is 2.57. The first kappa shape index (κ1) is 13.6. The molecule has 0 fully saturated rings. The van der Waals surface area contributed by atoms with E-state index in [1.165, 1.54) is 6.34 Å². The summed E-state index contributed by atoms with van der Waals surface area (Å²) in [5.41, 5.74) is 2.83. The predicted molar refractivity (Wildman–Crippen MR) is 77.7 cm³/mol. The van der Waals surface area contributed by atoms with Crippen LogP contribution < -0.4 is 11.2 Å². The van der Waals surface area contributed by atoms with Crippen LogP contribution in [0.15, 0.2) is 28.9 Å². The minimum atomic E-state index is -0.172. The maximum atomic E-state index is 12.1. The fourth-order valence-electron chi connectivity index (χ4n) is 2.27. The Morgan fingerprint density at radius 2 is 2.37 bits per heavy atom. The van der Waals surface area contributed by atoms with Gasteiger partial charge in [0.15, 0.2) is 0 Å². The molecule has 3 N–H and O–H groups in total. The van der Waals surface area contributed by atoms with Crippen molar-refractivity contribution in [1.29, 1.82) is 0 Å². The van der Waals surface area contributed by atoms with Crippen LogP contribution in [0.4, 0.5) is 0 Å². The van der Waals surface area contributed by atoms with E-state index in [1.54, 1.807) is 0 Å². The van der Waals surface area contributed by atoms with Gasteiger partial charge in [-0.05, 0) is 42.0 Å². The molecule has 0 bridgehead atoms. The Balaban J connectivity index is 2.39. The molecule has 19 heavy (non-hydrogen) atoms. The molecule has 1 unspecified atom stereocenters. The quantitative estimate of drug-likeness (QED) is 0.377. The summed E-state index contributed by atoms with van der Waals surface area (Å²) in [4.78, 5) is 12.1. The van der Waals surface area contributed by atoms with Gasteiger partial charge in [0, 0.05) is 10.6 Å². The maximum Gasteiger partial charge on any atom is 0.252 e. The highest BCUT2D eigenvalue weighted by molar-refractivity contribution is 6.31. The SMILES string of the molecule is CC1CCc2c(Cl)cccc2C=C1C(=O)NC=NN. The van der Waals surface area contributed by atoms with Crippen molar-refractivity contribution in [3.05, 3.63) is 39.9 Å². The number of carbonyl (C=O) groups excluding carboxylic acids is 1. The fraction of sp³-hybridized carbons (Fsp3) is 0.286. The van der Waals surface area contributed by atoms with Crippen molar-refractivity contribution in [3.63, 3.8) is 0 Å². The van der Waals surface area contributed by atoms with Crippen molar-refractivity contribution in [2.24, 2.45) is 16.9 Å². The van der Waals surface area contributed by atoms with E-state index in [4.69, 9.17) is 17.4 Å². The second-order valence-electron chi connectivity index (χ2n) is 4.60. The number of amides is 1. The fourth-order valence-corrected chi connectivity index (χ4v) is 2.55. The molecule has 1 aromatic carbocycles. The average molecular weight is 278 g/mol. The van der Waals surface area contributed by atoms with Crippen molar-refractivity contribution in [2.45, 2.75) is 19.8 Å². The first-order chi connectivity index (χ1) is 9.13. The Hall–Kier alpha value is -1.81. The number of hydrogen-bond acceptors (Lipinski definition) is 3. The molecule has 0 radical (unpaired) electrons. The molecule has 0 aliphatic heterocycles. The van der Waals surface area contributed by atoms with Gasteiger partial charge in [0.2, 0.25) is 0 Å². The zero-order valence-electron chi connectivity index (χ0n) is 10.7. The molecule has 1 amide bonds. The number of carbonyl (C=O) groups is 1. The number of nitrogens with zero attached hydrogens (tertiary/aromatic N) is 1. The smallest absolute Gasteiger partial charge is 0.252 e. The van der Waals surface area contributed by atoms with Gasteiger partial charge in [-0.3, -0.25) is 4.79 Å². The van der Waals surface area contributed by atoms with Crippen LogP contribution >= 0.6 is 11.6 Å². The van der Waals surface area contributed by atoms with E-state index < -0.39 is 0 Å². The van der Waals surface area contributed by atoms with E-state index in [9.17, 15) is 4.79 Å². The first-order valence-electron chi connectivity index (χ1n) is 6.15. The molecule has 1 aliphatic rings. The molecule has 0 heterocycles. The Morgan fingerprint density at radius 1 is 1.58 bits per heavy atom. The van der Waals surface area contributed by atoms with Crippen molar-refractivity contribution in [2.75, 3.05) is 0 Å². The highest BCUT2D eigenvalue weighted by Gasteiger charge is 2.21. The zero-order valence-corrected chi connectivity index (χ0v) is 11.4. The van der Waals surface area contributed by atoms with Crippen molar-refractivity contribution >= 4 is 29.9 Å². The Bertz CT molecular complexity index is 552. The summed E-state index contributed by atoms with van der Waals surface area (Å²) < 4.78 is 0. The lowest BCUT2D eigenvalue weighted by Gasteiger charge is -2.11. The van der Waals surface area contributed by atoms with Crippen LogP contribution in [-0.4, -0.2) is 12.2 Å². The summed E-state index contributed by atoms with van der Waals surface area (Å²) in [5, 5.41) is 6.58. The van der Waals surface area contributed by atoms with Crippen LogP contribution in [0.25, 0.3) is 6.08 Å². The third-order valence-corrected chi connectivity index (χ3v) is 3.71. The number of hydrazone groups is 1. The van der Waals surface area contributed by atoms with Gasteiger partial charge in [-0.2, -0.15) is 5.10 Å². The number of nitrogens with one attached hydrogen (secondary N) is 1. The maximum absolute atomic E-state index is 12.1. The molecule has 5 heteroatoms. The molecular formula is C14H16ClN3O. The summed E-state index contributed by atoms with van der Waals surface area (Å²) in [6.45, 7) is 2.03. The van der Waals surface area contributed by atoms with E-state index >= 15 is 0 Å². The summed E-state index contributed by atoms with van der Waals surface area (Å²) in [6.07, 6.45) is 4.85. The topological polar surface area (TPSA) is 67.5 Å². The molecule has 0 saturated carbocycles. The van der Waals surface area contributed by atoms with Crippen molar-refractivity contribution < 1.29 is 4.79 Å². The van der Waals surface area contributed by atoms with Gasteiger partial charge in [0.1, 0.15) is 6.34 Å². The normalized spacial score (nSPS) is 18.6. The number of hydrogen-bond donors (Lipinski definition) is 2. The highest BCUT2D eigenvalue weighted by Crippen LogP contribution is 2.31. The number of benzene rings is 1. The molecule has 1 aromatic rings. The summed E-state index contributed by atoms with van der Waals surface area (Å²) >= 11 is 6.21. The molecule has 0 spiro atoms. The molecule has 4 nitrogen and oxygen atoms in total. The van der Waals surface area contributed by atoms with Gasteiger partial charge in [0.05, 0.1) is 0 Å². The van der Waals surface area contributed by atoms with Crippen LogP contribution in [0.3, 0.4) is 0 Å². The molecule has 2 rings (SSSR count). The van der Waals surface area contributed by atoms with Crippen LogP contribution in [0, 0.1) is 5.92 Å². The van der Waals surface area contributed by atoms with E-state index in [0.717, 1.165) is 34.6 Å². The predicted octanol–water partition coefficient (Wildman–Crippen LogP) is 2.32. The van der Waals surface area contributed by atoms with Crippen LogP contribution in [0.2, 0.25) is 5.02 Å². The second kappa shape index (κ2) is 5.89. The number of fused-ring (bicyclic) bond motifs is 1. The van der Waals surface area contributed by atoms with Crippen LogP contribution in [0.1, 0.15) is 24.5 Å². The van der Waals surface area contributed by atoms with Crippen molar-refractivity contribution in [1.82, 2.24) is 5.32 Å². The second-order valence-corrected chi connectivity index (χ2v) is 5.01. The minimum absolute atomic E-state index is 0.162. The Labute approximate surface area is 117 Å². The van der Waals surface area contributed by atoms with Crippen LogP contribution in [-0.2, 0) is 11.2 Å². The third-order valence-electron chi connectivity index (χ3n) is 3.36. The van der Waals surface area contributed by atoms with E-state index in [0.29, 0.717) is 0 Å². The van der Waals surface area contributed by atoms with Crippen LogP contribution in [0.5, 0.6) is 0 Å². The Kier molecular flexibility index (Phi) is 4.22.